The first-order valence-corrected chi connectivity index (χ1v) is 9.11. The van der Waals surface area contributed by atoms with Crippen LogP contribution in [0.4, 0.5) is 0 Å². The molecule has 0 aromatic heterocycles. The van der Waals surface area contributed by atoms with Crippen molar-refractivity contribution in [2.75, 3.05) is 13.1 Å². The van der Waals surface area contributed by atoms with Gasteiger partial charge in [0.2, 0.25) is 11.8 Å². The molecule has 1 unspecified atom stereocenters. The summed E-state index contributed by atoms with van der Waals surface area (Å²) in [6.07, 6.45) is 5.20. The second-order valence-electron chi connectivity index (χ2n) is 6.72. The minimum Gasteiger partial charge on any atom is -0.347 e. The molecule has 1 aromatic rings. The molecule has 0 heterocycles. The maximum Gasteiger partial charge on any atom is 0.242 e. The predicted octanol–water partition coefficient (Wildman–Crippen LogP) is 3.16. The quantitative estimate of drug-likeness (QED) is 0.828. The van der Waals surface area contributed by atoms with Crippen molar-refractivity contribution in [3.8, 4) is 6.07 Å². The highest BCUT2D eigenvalue weighted by atomic mass is 16.2. The molecule has 0 spiro atoms. The van der Waals surface area contributed by atoms with Gasteiger partial charge in [0.05, 0.1) is 24.2 Å². The number of nitrogens with one attached hydrogen (secondary N) is 1. The van der Waals surface area contributed by atoms with E-state index in [1.807, 2.05) is 26.0 Å². The number of carbonyl (C=O) groups excluding carboxylic acids is 2. The molecule has 1 saturated carbocycles. The molecule has 0 bridgehead atoms. The summed E-state index contributed by atoms with van der Waals surface area (Å²) in [5, 5.41) is 11.7. The first-order valence-electron chi connectivity index (χ1n) is 9.11. The van der Waals surface area contributed by atoms with Crippen LogP contribution in [0.15, 0.2) is 24.3 Å². The summed E-state index contributed by atoms with van der Waals surface area (Å²) in [6, 6.07) is 9.25. The number of nitriles is 1. The molecule has 5 heteroatoms. The maximum atomic E-state index is 12.5. The molecule has 1 fully saturated rings. The molecule has 134 valence electrons. The average Bonchev–Trinajstić information content (AvgIpc) is 3.13. The summed E-state index contributed by atoms with van der Waals surface area (Å²) in [4.78, 5) is 26.3. The predicted molar refractivity (Wildman–Crippen MR) is 96.5 cm³/mol. The standard InChI is InChI=1S/C20H27N3O2/c1-3-23(15(2)18-10-8-17(13-21)9-11-18)20(25)14-22-19(24)12-16-6-4-5-7-16/h8-11,15-16H,3-7,12,14H2,1-2H3,(H,22,24). The van der Waals surface area contributed by atoms with Crippen LogP contribution < -0.4 is 5.32 Å². The third-order valence-corrected chi connectivity index (χ3v) is 5.04. The zero-order valence-electron chi connectivity index (χ0n) is 15.1. The van der Waals surface area contributed by atoms with Crippen LogP contribution in [0.5, 0.6) is 0 Å². The molecule has 1 aliphatic rings. The van der Waals surface area contributed by atoms with Gasteiger partial charge in [0.15, 0.2) is 0 Å². The van der Waals surface area contributed by atoms with Gasteiger partial charge in [-0.2, -0.15) is 5.26 Å². The van der Waals surface area contributed by atoms with E-state index >= 15 is 0 Å². The molecule has 1 aliphatic carbocycles. The van der Waals surface area contributed by atoms with E-state index in [2.05, 4.69) is 11.4 Å². The molecule has 1 aromatic carbocycles. The largest absolute Gasteiger partial charge is 0.347 e. The van der Waals surface area contributed by atoms with Crippen LogP contribution in [0.1, 0.15) is 63.1 Å². The van der Waals surface area contributed by atoms with Crippen molar-refractivity contribution in [3.05, 3.63) is 35.4 Å². The van der Waals surface area contributed by atoms with Crippen LogP contribution in [0.2, 0.25) is 0 Å². The zero-order chi connectivity index (χ0) is 18.2. The number of hydrogen-bond acceptors (Lipinski definition) is 3. The van der Waals surface area contributed by atoms with Crippen LogP contribution in [-0.2, 0) is 9.59 Å². The Morgan fingerprint density at radius 2 is 1.92 bits per heavy atom. The van der Waals surface area contributed by atoms with Crippen molar-refractivity contribution in [2.45, 2.75) is 52.0 Å². The fourth-order valence-electron chi connectivity index (χ4n) is 3.51. The number of hydrogen-bond donors (Lipinski definition) is 1. The van der Waals surface area contributed by atoms with E-state index in [0.717, 1.165) is 18.4 Å². The Bertz CT molecular complexity index is 627. The van der Waals surface area contributed by atoms with Gasteiger partial charge >= 0.3 is 0 Å². The summed E-state index contributed by atoms with van der Waals surface area (Å²) >= 11 is 0. The number of rotatable bonds is 7. The third kappa shape index (κ3) is 5.32. The first kappa shape index (κ1) is 19.0. The fraction of sp³-hybridized carbons (Fsp3) is 0.550. The Morgan fingerprint density at radius 3 is 2.48 bits per heavy atom. The smallest absolute Gasteiger partial charge is 0.242 e. The Labute approximate surface area is 150 Å². The van der Waals surface area contributed by atoms with Gasteiger partial charge in [-0.15, -0.1) is 0 Å². The van der Waals surface area contributed by atoms with E-state index in [1.54, 1.807) is 17.0 Å². The van der Waals surface area contributed by atoms with E-state index in [0.29, 0.717) is 24.4 Å². The van der Waals surface area contributed by atoms with Gasteiger partial charge in [-0.3, -0.25) is 9.59 Å². The molecule has 5 nitrogen and oxygen atoms in total. The third-order valence-electron chi connectivity index (χ3n) is 5.04. The van der Waals surface area contributed by atoms with Crippen molar-refractivity contribution in [1.29, 1.82) is 5.26 Å². The molecule has 2 rings (SSSR count). The lowest BCUT2D eigenvalue weighted by atomic mass is 10.0. The monoisotopic (exact) mass is 341 g/mol. The molecular formula is C20H27N3O2. The lowest BCUT2D eigenvalue weighted by Crippen LogP contribution is -2.41. The van der Waals surface area contributed by atoms with Gasteiger partial charge in [0.1, 0.15) is 0 Å². The van der Waals surface area contributed by atoms with Gasteiger partial charge < -0.3 is 10.2 Å². The summed E-state index contributed by atoms with van der Waals surface area (Å²) in [5.74, 6) is 0.372. The van der Waals surface area contributed by atoms with Crippen molar-refractivity contribution in [1.82, 2.24) is 10.2 Å². The lowest BCUT2D eigenvalue weighted by Gasteiger charge is -2.28. The second-order valence-corrected chi connectivity index (χ2v) is 6.72. The molecule has 0 aliphatic heterocycles. The highest BCUT2D eigenvalue weighted by Gasteiger charge is 2.22. The van der Waals surface area contributed by atoms with E-state index in [4.69, 9.17) is 5.26 Å². The highest BCUT2D eigenvalue weighted by molar-refractivity contribution is 5.85. The average molecular weight is 341 g/mol. The van der Waals surface area contributed by atoms with Crippen LogP contribution in [-0.4, -0.2) is 29.8 Å². The highest BCUT2D eigenvalue weighted by Crippen LogP contribution is 2.27. The van der Waals surface area contributed by atoms with Gasteiger partial charge in [-0.1, -0.05) is 25.0 Å². The van der Waals surface area contributed by atoms with E-state index in [9.17, 15) is 9.59 Å². The number of carbonyl (C=O) groups is 2. The Kier molecular flexibility index (Phi) is 7.00. The first-order chi connectivity index (χ1) is 12.0. The topological polar surface area (TPSA) is 73.2 Å². The minimum absolute atomic E-state index is 0.0256. The molecule has 25 heavy (non-hydrogen) atoms. The number of likely N-dealkylation sites (N-methyl/N-ethyl adjacent to an activating group) is 1. The molecule has 2 amide bonds. The van der Waals surface area contributed by atoms with Gasteiger partial charge in [-0.05, 0) is 50.3 Å². The maximum absolute atomic E-state index is 12.5. The van der Waals surface area contributed by atoms with Crippen molar-refractivity contribution >= 4 is 11.8 Å². The normalized spacial score (nSPS) is 15.4. The summed E-state index contributed by atoms with van der Waals surface area (Å²) < 4.78 is 0. The molecule has 0 saturated heterocycles. The Balaban J connectivity index is 1.88. The Hall–Kier alpha value is -2.35. The van der Waals surface area contributed by atoms with Crippen LogP contribution >= 0.6 is 0 Å². The van der Waals surface area contributed by atoms with E-state index < -0.39 is 0 Å². The summed E-state index contributed by atoms with van der Waals surface area (Å²) in [6.45, 7) is 4.50. The summed E-state index contributed by atoms with van der Waals surface area (Å²) in [7, 11) is 0. The van der Waals surface area contributed by atoms with Crippen LogP contribution in [0.3, 0.4) is 0 Å². The molecule has 1 atom stereocenters. The van der Waals surface area contributed by atoms with Crippen molar-refractivity contribution in [2.24, 2.45) is 5.92 Å². The lowest BCUT2D eigenvalue weighted by molar-refractivity contribution is -0.134. The molecular weight excluding hydrogens is 314 g/mol. The van der Waals surface area contributed by atoms with Gasteiger partial charge in [0, 0.05) is 13.0 Å². The zero-order valence-corrected chi connectivity index (χ0v) is 15.1. The van der Waals surface area contributed by atoms with Crippen LogP contribution in [0, 0.1) is 17.2 Å². The van der Waals surface area contributed by atoms with Gasteiger partial charge in [0.25, 0.3) is 0 Å². The van der Waals surface area contributed by atoms with Crippen molar-refractivity contribution in [3.63, 3.8) is 0 Å². The fourth-order valence-corrected chi connectivity index (χ4v) is 3.51. The molecule has 1 N–H and O–H groups in total. The summed E-state index contributed by atoms with van der Waals surface area (Å²) in [5.41, 5.74) is 1.58. The number of amides is 2. The number of nitrogens with zero attached hydrogens (tertiary/aromatic N) is 2. The van der Waals surface area contributed by atoms with Crippen LogP contribution in [0.25, 0.3) is 0 Å². The second kappa shape index (κ2) is 9.22. The van der Waals surface area contributed by atoms with Crippen molar-refractivity contribution < 1.29 is 9.59 Å². The number of benzene rings is 1. The Morgan fingerprint density at radius 1 is 1.28 bits per heavy atom. The molecule has 0 radical (unpaired) electrons. The van der Waals surface area contributed by atoms with E-state index in [1.165, 1.54) is 12.8 Å². The minimum atomic E-state index is -0.100. The SMILES string of the molecule is CCN(C(=O)CNC(=O)CC1CCCC1)C(C)c1ccc(C#N)cc1. The van der Waals surface area contributed by atoms with Gasteiger partial charge in [-0.25, -0.2) is 0 Å². The van der Waals surface area contributed by atoms with E-state index in [-0.39, 0.29) is 24.4 Å².